The molecule has 1 unspecified atom stereocenters. The quantitative estimate of drug-likeness (QED) is 0.408. The largest absolute Gasteiger partial charge is 0.485 e. The number of para-hydroxylation sites is 3. The maximum Gasteiger partial charge on any atom is 0.269 e. The van der Waals surface area contributed by atoms with Gasteiger partial charge in [0.05, 0.1) is 5.69 Å². The van der Waals surface area contributed by atoms with Crippen molar-refractivity contribution in [2.24, 2.45) is 0 Å². The molecular weight excluding hydrogens is 462 g/mol. The third-order valence-corrected chi connectivity index (χ3v) is 5.49. The van der Waals surface area contributed by atoms with E-state index >= 15 is 0 Å². The molecule has 0 saturated carbocycles. The maximum atomic E-state index is 13.2. The summed E-state index contributed by atoms with van der Waals surface area (Å²) >= 11 is 3.36. The number of carbonyl (C=O) groups is 2. The molecule has 6 nitrogen and oxygen atoms in total. The zero-order valence-corrected chi connectivity index (χ0v) is 17.7. The van der Waals surface area contributed by atoms with E-state index in [1.807, 2.05) is 12.1 Å². The van der Waals surface area contributed by atoms with Crippen LogP contribution in [0.3, 0.4) is 0 Å². The molecule has 0 fully saturated rings. The molecule has 31 heavy (non-hydrogen) atoms. The zero-order valence-electron chi connectivity index (χ0n) is 16.1. The maximum absolute atomic E-state index is 13.2. The van der Waals surface area contributed by atoms with Gasteiger partial charge in [0.1, 0.15) is 12.2 Å². The number of nitrogens with one attached hydrogen (secondary N) is 1. The second kappa shape index (κ2) is 7.92. The molecule has 0 aliphatic carbocycles. The van der Waals surface area contributed by atoms with Gasteiger partial charge in [-0.05, 0) is 48.5 Å². The van der Waals surface area contributed by atoms with E-state index in [1.165, 1.54) is 0 Å². The first-order valence-electron chi connectivity index (χ1n) is 9.61. The number of amides is 1. The van der Waals surface area contributed by atoms with Crippen molar-refractivity contribution in [2.75, 3.05) is 11.9 Å². The summed E-state index contributed by atoms with van der Waals surface area (Å²) < 4.78 is 18.1. The average molecular weight is 478 g/mol. The van der Waals surface area contributed by atoms with Crippen LogP contribution in [0.4, 0.5) is 5.69 Å². The molecule has 0 radical (unpaired) electrons. The van der Waals surface area contributed by atoms with Crippen LogP contribution < -0.4 is 14.8 Å². The van der Waals surface area contributed by atoms with E-state index < -0.39 is 12.0 Å². The molecule has 0 bridgehead atoms. The Labute approximate surface area is 185 Å². The predicted octanol–water partition coefficient (Wildman–Crippen LogP) is 5.20. The van der Waals surface area contributed by atoms with Gasteiger partial charge in [-0.3, -0.25) is 9.59 Å². The second-order valence-electron chi connectivity index (χ2n) is 6.99. The predicted molar refractivity (Wildman–Crippen MR) is 119 cm³/mol. The number of carbonyl (C=O) groups excluding carboxylic acids is 2. The van der Waals surface area contributed by atoms with Gasteiger partial charge in [-0.2, -0.15) is 0 Å². The number of furan rings is 1. The molecule has 0 spiro atoms. The standard InChI is InChI=1S/C24H16BrNO5/c25-15-11-9-14(10-12-15)22(27)23-21(16-5-1-2-6-17(16)31-23)26-24(28)20-13-29-18-7-3-4-8-19(18)30-20/h1-12,20H,13H2,(H,26,28). The highest BCUT2D eigenvalue weighted by atomic mass is 79.9. The summed E-state index contributed by atoms with van der Waals surface area (Å²) in [4.78, 5) is 26.2. The van der Waals surface area contributed by atoms with E-state index in [2.05, 4.69) is 21.2 Å². The summed E-state index contributed by atoms with van der Waals surface area (Å²) in [5.41, 5.74) is 1.27. The van der Waals surface area contributed by atoms with Crippen molar-refractivity contribution in [3.05, 3.63) is 88.6 Å². The Morgan fingerprint density at radius 1 is 0.903 bits per heavy atom. The van der Waals surface area contributed by atoms with E-state index in [9.17, 15) is 9.59 Å². The minimum Gasteiger partial charge on any atom is -0.485 e. The van der Waals surface area contributed by atoms with Crippen LogP contribution in [-0.4, -0.2) is 24.4 Å². The molecule has 1 N–H and O–H groups in total. The lowest BCUT2D eigenvalue weighted by atomic mass is 10.1. The number of ketones is 1. The van der Waals surface area contributed by atoms with Crippen molar-refractivity contribution >= 4 is 44.3 Å². The number of halogens is 1. The molecule has 3 aromatic carbocycles. The van der Waals surface area contributed by atoms with E-state index in [-0.39, 0.29) is 18.2 Å². The van der Waals surface area contributed by atoms with Crippen molar-refractivity contribution in [2.45, 2.75) is 6.10 Å². The Kier molecular flexibility index (Phi) is 4.95. The molecule has 1 aliphatic heterocycles. The SMILES string of the molecule is O=C(c1ccc(Br)cc1)c1oc2ccccc2c1NC(=O)C1COc2ccccc2O1. The van der Waals surface area contributed by atoms with Crippen LogP contribution >= 0.6 is 15.9 Å². The Bertz CT molecular complexity index is 1300. The summed E-state index contributed by atoms with van der Waals surface area (Å²) in [5.74, 6) is 0.397. The normalized spacial score (nSPS) is 14.9. The van der Waals surface area contributed by atoms with Crippen LogP contribution in [0, 0.1) is 0 Å². The monoisotopic (exact) mass is 477 g/mol. The van der Waals surface area contributed by atoms with Crippen LogP contribution in [0.15, 0.2) is 81.7 Å². The second-order valence-corrected chi connectivity index (χ2v) is 7.91. The fraction of sp³-hybridized carbons (Fsp3) is 0.0833. The third-order valence-electron chi connectivity index (χ3n) is 4.96. The van der Waals surface area contributed by atoms with Crippen LogP contribution in [0.1, 0.15) is 16.1 Å². The van der Waals surface area contributed by atoms with E-state index in [1.54, 1.807) is 60.7 Å². The summed E-state index contributed by atoms with van der Waals surface area (Å²) in [6.07, 6.45) is -0.862. The molecular formula is C24H16BrNO5. The van der Waals surface area contributed by atoms with Crippen LogP contribution in [0.2, 0.25) is 0 Å². The van der Waals surface area contributed by atoms with E-state index in [4.69, 9.17) is 13.9 Å². The fourth-order valence-electron chi connectivity index (χ4n) is 3.41. The van der Waals surface area contributed by atoms with Crippen LogP contribution in [-0.2, 0) is 4.79 Å². The highest BCUT2D eigenvalue weighted by Gasteiger charge is 2.30. The lowest BCUT2D eigenvalue weighted by Gasteiger charge is -2.25. The van der Waals surface area contributed by atoms with Gasteiger partial charge in [-0.1, -0.05) is 40.2 Å². The molecule has 7 heteroatoms. The van der Waals surface area contributed by atoms with Gasteiger partial charge in [0.15, 0.2) is 17.3 Å². The minimum absolute atomic E-state index is 0.0639. The van der Waals surface area contributed by atoms with Gasteiger partial charge in [0.25, 0.3) is 5.91 Å². The third kappa shape index (κ3) is 3.68. The average Bonchev–Trinajstić information content (AvgIpc) is 3.17. The van der Waals surface area contributed by atoms with E-state index in [0.717, 1.165) is 4.47 Å². The van der Waals surface area contributed by atoms with E-state index in [0.29, 0.717) is 33.7 Å². The van der Waals surface area contributed by atoms with Crippen LogP contribution in [0.5, 0.6) is 11.5 Å². The van der Waals surface area contributed by atoms with Crippen molar-refractivity contribution in [3.8, 4) is 11.5 Å². The van der Waals surface area contributed by atoms with Gasteiger partial charge >= 0.3 is 0 Å². The Hall–Kier alpha value is -3.58. The van der Waals surface area contributed by atoms with Gasteiger partial charge < -0.3 is 19.2 Å². The molecule has 1 aromatic heterocycles. The Balaban J connectivity index is 1.48. The molecule has 4 aromatic rings. The van der Waals surface area contributed by atoms with Crippen LogP contribution in [0.25, 0.3) is 11.0 Å². The molecule has 1 atom stereocenters. The number of benzene rings is 3. The topological polar surface area (TPSA) is 77.8 Å². The number of rotatable bonds is 4. The number of anilines is 1. The first-order valence-corrected chi connectivity index (χ1v) is 10.4. The molecule has 2 heterocycles. The summed E-state index contributed by atoms with van der Waals surface area (Å²) in [6, 6.07) is 21.3. The van der Waals surface area contributed by atoms with Gasteiger partial charge in [0, 0.05) is 15.4 Å². The highest BCUT2D eigenvalue weighted by Crippen LogP contribution is 2.34. The Morgan fingerprint density at radius 2 is 1.61 bits per heavy atom. The van der Waals surface area contributed by atoms with Gasteiger partial charge in [-0.15, -0.1) is 0 Å². The first-order chi connectivity index (χ1) is 15.1. The molecule has 1 aliphatic rings. The van der Waals surface area contributed by atoms with Gasteiger partial charge in [-0.25, -0.2) is 0 Å². The zero-order chi connectivity index (χ0) is 21.4. The number of hydrogen-bond donors (Lipinski definition) is 1. The number of hydrogen-bond acceptors (Lipinski definition) is 5. The highest BCUT2D eigenvalue weighted by molar-refractivity contribution is 9.10. The smallest absolute Gasteiger partial charge is 0.269 e. The first kappa shape index (κ1) is 19.4. The molecule has 1 amide bonds. The summed E-state index contributed by atoms with van der Waals surface area (Å²) in [6.45, 7) is 0.0641. The number of fused-ring (bicyclic) bond motifs is 2. The van der Waals surface area contributed by atoms with Crippen molar-refractivity contribution in [3.63, 3.8) is 0 Å². The fourth-order valence-corrected chi connectivity index (χ4v) is 3.68. The van der Waals surface area contributed by atoms with Crippen molar-refractivity contribution < 1.29 is 23.5 Å². The lowest BCUT2D eigenvalue weighted by molar-refractivity contribution is -0.125. The lowest BCUT2D eigenvalue weighted by Crippen LogP contribution is -2.40. The van der Waals surface area contributed by atoms with Crippen molar-refractivity contribution in [1.82, 2.24) is 0 Å². The van der Waals surface area contributed by atoms with Crippen molar-refractivity contribution in [1.29, 1.82) is 0 Å². The minimum atomic E-state index is -0.862. The van der Waals surface area contributed by atoms with Gasteiger partial charge in [0.2, 0.25) is 11.9 Å². The Morgan fingerprint density at radius 3 is 2.42 bits per heavy atom. The number of ether oxygens (including phenoxy) is 2. The molecule has 154 valence electrons. The molecule has 0 saturated heterocycles. The summed E-state index contributed by atoms with van der Waals surface area (Å²) in [7, 11) is 0. The summed E-state index contributed by atoms with van der Waals surface area (Å²) in [5, 5.41) is 3.46. The molecule has 5 rings (SSSR count).